The van der Waals surface area contributed by atoms with Gasteiger partial charge in [-0.15, -0.1) is 0 Å². The van der Waals surface area contributed by atoms with Gasteiger partial charge in [-0.1, -0.05) is 20.8 Å². The summed E-state index contributed by atoms with van der Waals surface area (Å²) in [7, 11) is 0. The number of rotatable bonds is 4. The maximum absolute atomic E-state index is 9.17. The Bertz CT molecular complexity index is 187. The van der Waals surface area contributed by atoms with Crippen molar-refractivity contribution in [2.45, 2.75) is 59.5 Å². The van der Waals surface area contributed by atoms with Gasteiger partial charge >= 0.3 is 0 Å². The standard InChI is InChI=1S/C14H29NO/c1-11(16)9-15-10-12-5-7-13(8-6-12)14(2,3)4/h11-13,15-16H,5-10H2,1-4H3/t11-,12?,13?/m0/s1. The Morgan fingerprint density at radius 1 is 1.19 bits per heavy atom. The number of nitrogens with one attached hydrogen (secondary N) is 1. The SMILES string of the molecule is C[C@H](O)CNCC1CCC(C(C)(C)C)CC1. The summed E-state index contributed by atoms with van der Waals surface area (Å²) in [6.07, 6.45) is 5.25. The van der Waals surface area contributed by atoms with E-state index < -0.39 is 0 Å². The lowest BCUT2D eigenvalue weighted by atomic mass is 9.70. The number of aliphatic hydroxyl groups excluding tert-OH is 1. The van der Waals surface area contributed by atoms with E-state index in [4.69, 9.17) is 5.11 Å². The van der Waals surface area contributed by atoms with Crippen LogP contribution in [0.15, 0.2) is 0 Å². The van der Waals surface area contributed by atoms with E-state index in [1.165, 1.54) is 25.7 Å². The second-order valence-electron chi connectivity index (χ2n) is 6.59. The number of hydrogen-bond donors (Lipinski definition) is 2. The van der Waals surface area contributed by atoms with E-state index in [2.05, 4.69) is 26.1 Å². The summed E-state index contributed by atoms with van der Waals surface area (Å²) >= 11 is 0. The van der Waals surface area contributed by atoms with Gasteiger partial charge in [0, 0.05) is 6.54 Å². The van der Waals surface area contributed by atoms with Crippen molar-refractivity contribution in [2.24, 2.45) is 17.3 Å². The highest BCUT2D eigenvalue weighted by atomic mass is 16.3. The Morgan fingerprint density at radius 2 is 1.75 bits per heavy atom. The summed E-state index contributed by atoms with van der Waals surface area (Å²) in [5.74, 6) is 1.73. The van der Waals surface area contributed by atoms with Crippen LogP contribution in [0.2, 0.25) is 0 Å². The lowest BCUT2D eigenvalue weighted by Gasteiger charge is -2.37. The van der Waals surface area contributed by atoms with Gasteiger partial charge in [-0.2, -0.15) is 0 Å². The molecule has 1 aliphatic rings. The van der Waals surface area contributed by atoms with Gasteiger partial charge < -0.3 is 10.4 Å². The molecular weight excluding hydrogens is 198 g/mol. The zero-order valence-electron chi connectivity index (χ0n) is 11.4. The molecule has 1 atom stereocenters. The van der Waals surface area contributed by atoms with Crippen molar-refractivity contribution in [1.29, 1.82) is 0 Å². The van der Waals surface area contributed by atoms with Gasteiger partial charge in [0.05, 0.1) is 6.10 Å². The van der Waals surface area contributed by atoms with Gasteiger partial charge in [-0.25, -0.2) is 0 Å². The van der Waals surface area contributed by atoms with Crippen LogP contribution in [0, 0.1) is 17.3 Å². The lowest BCUT2D eigenvalue weighted by Crippen LogP contribution is -2.33. The van der Waals surface area contributed by atoms with Crippen molar-refractivity contribution in [3.05, 3.63) is 0 Å². The van der Waals surface area contributed by atoms with E-state index in [-0.39, 0.29) is 6.10 Å². The minimum Gasteiger partial charge on any atom is -0.392 e. The zero-order chi connectivity index (χ0) is 12.2. The van der Waals surface area contributed by atoms with Gasteiger partial charge in [0.2, 0.25) is 0 Å². The molecule has 0 bridgehead atoms. The first-order valence-electron chi connectivity index (χ1n) is 6.78. The summed E-state index contributed by atoms with van der Waals surface area (Å²) in [5, 5.41) is 12.5. The van der Waals surface area contributed by atoms with Gasteiger partial charge in [0.25, 0.3) is 0 Å². The molecule has 2 N–H and O–H groups in total. The first kappa shape index (κ1) is 14.0. The minimum atomic E-state index is -0.217. The molecule has 0 unspecified atom stereocenters. The smallest absolute Gasteiger partial charge is 0.0636 e. The van der Waals surface area contributed by atoms with E-state index in [1.54, 1.807) is 0 Å². The molecular formula is C14H29NO. The highest BCUT2D eigenvalue weighted by Gasteiger charge is 2.29. The summed E-state index contributed by atoms with van der Waals surface area (Å²) < 4.78 is 0. The maximum Gasteiger partial charge on any atom is 0.0636 e. The van der Waals surface area contributed by atoms with Crippen molar-refractivity contribution >= 4 is 0 Å². The second kappa shape index (κ2) is 6.02. The van der Waals surface area contributed by atoms with Crippen molar-refractivity contribution in [2.75, 3.05) is 13.1 Å². The Morgan fingerprint density at radius 3 is 2.19 bits per heavy atom. The molecule has 1 saturated carbocycles. The third-order valence-corrected chi connectivity index (χ3v) is 3.94. The average Bonchev–Trinajstić information content (AvgIpc) is 2.16. The van der Waals surface area contributed by atoms with Crippen LogP contribution in [-0.2, 0) is 0 Å². The first-order valence-corrected chi connectivity index (χ1v) is 6.78. The molecule has 16 heavy (non-hydrogen) atoms. The van der Waals surface area contributed by atoms with E-state index >= 15 is 0 Å². The number of hydrogen-bond acceptors (Lipinski definition) is 2. The highest BCUT2D eigenvalue weighted by Crippen LogP contribution is 2.39. The Kier molecular flexibility index (Phi) is 5.26. The molecule has 0 saturated heterocycles. The maximum atomic E-state index is 9.17. The quantitative estimate of drug-likeness (QED) is 0.774. The predicted molar refractivity (Wildman–Crippen MR) is 69.5 cm³/mol. The predicted octanol–water partition coefficient (Wildman–Crippen LogP) is 2.81. The molecule has 96 valence electrons. The summed E-state index contributed by atoms with van der Waals surface area (Å²) in [5.41, 5.74) is 0.484. The molecule has 0 heterocycles. The Balaban J connectivity index is 2.17. The Labute approximate surface area is 101 Å². The Hall–Kier alpha value is -0.0800. The third kappa shape index (κ3) is 4.84. The molecule has 0 spiro atoms. The zero-order valence-corrected chi connectivity index (χ0v) is 11.4. The molecule has 0 aromatic heterocycles. The van der Waals surface area contributed by atoms with Crippen molar-refractivity contribution < 1.29 is 5.11 Å². The largest absolute Gasteiger partial charge is 0.392 e. The topological polar surface area (TPSA) is 32.3 Å². The lowest BCUT2D eigenvalue weighted by molar-refractivity contribution is 0.144. The van der Waals surface area contributed by atoms with E-state index in [0.717, 1.165) is 24.9 Å². The van der Waals surface area contributed by atoms with Crippen LogP contribution in [0.4, 0.5) is 0 Å². The van der Waals surface area contributed by atoms with Crippen molar-refractivity contribution in [1.82, 2.24) is 5.32 Å². The van der Waals surface area contributed by atoms with Gasteiger partial charge in [-0.05, 0) is 56.4 Å². The van der Waals surface area contributed by atoms with Crippen molar-refractivity contribution in [3.8, 4) is 0 Å². The fraction of sp³-hybridized carbons (Fsp3) is 1.00. The molecule has 0 amide bonds. The first-order chi connectivity index (χ1) is 7.39. The summed E-state index contributed by atoms with van der Waals surface area (Å²) in [4.78, 5) is 0. The summed E-state index contributed by atoms with van der Waals surface area (Å²) in [6.45, 7) is 10.8. The van der Waals surface area contributed by atoms with Crippen LogP contribution in [-0.4, -0.2) is 24.3 Å². The van der Waals surface area contributed by atoms with E-state index in [9.17, 15) is 0 Å². The van der Waals surface area contributed by atoms with Crippen LogP contribution < -0.4 is 5.32 Å². The summed E-state index contributed by atoms with van der Waals surface area (Å²) in [6, 6.07) is 0. The fourth-order valence-electron chi connectivity index (χ4n) is 2.73. The van der Waals surface area contributed by atoms with Crippen LogP contribution in [0.25, 0.3) is 0 Å². The molecule has 1 rings (SSSR count). The monoisotopic (exact) mass is 227 g/mol. The molecule has 0 aromatic rings. The van der Waals surface area contributed by atoms with Crippen LogP contribution in [0.1, 0.15) is 53.4 Å². The normalized spacial score (nSPS) is 29.1. The van der Waals surface area contributed by atoms with Gasteiger partial charge in [0.1, 0.15) is 0 Å². The number of aliphatic hydroxyl groups is 1. The second-order valence-corrected chi connectivity index (χ2v) is 6.59. The van der Waals surface area contributed by atoms with E-state index in [0.29, 0.717) is 5.41 Å². The van der Waals surface area contributed by atoms with E-state index in [1.807, 2.05) is 6.92 Å². The molecule has 0 aromatic carbocycles. The molecule has 2 heteroatoms. The highest BCUT2D eigenvalue weighted by molar-refractivity contribution is 4.81. The van der Waals surface area contributed by atoms with Crippen LogP contribution in [0.3, 0.4) is 0 Å². The van der Waals surface area contributed by atoms with Gasteiger partial charge in [0.15, 0.2) is 0 Å². The van der Waals surface area contributed by atoms with Crippen LogP contribution in [0.5, 0.6) is 0 Å². The third-order valence-electron chi connectivity index (χ3n) is 3.94. The van der Waals surface area contributed by atoms with Gasteiger partial charge in [-0.3, -0.25) is 0 Å². The fourth-order valence-corrected chi connectivity index (χ4v) is 2.73. The molecule has 0 aliphatic heterocycles. The van der Waals surface area contributed by atoms with Crippen molar-refractivity contribution in [3.63, 3.8) is 0 Å². The van der Waals surface area contributed by atoms with Crippen LogP contribution >= 0.6 is 0 Å². The molecule has 0 radical (unpaired) electrons. The molecule has 1 fully saturated rings. The average molecular weight is 227 g/mol. The molecule has 2 nitrogen and oxygen atoms in total. The minimum absolute atomic E-state index is 0.217. The molecule has 1 aliphatic carbocycles.